The summed E-state index contributed by atoms with van der Waals surface area (Å²) in [7, 11) is -3.37. The third-order valence-electron chi connectivity index (χ3n) is 3.12. The van der Waals surface area contributed by atoms with Crippen LogP contribution >= 0.6 is 11.6 Å². The maximum Gasteiger partial charge on any atom is 0.252 e. The lowest BCUT2D eigenvalue weighted by Gasteiger charge is -2.12. The third kappa shape index (κ3) is 3.71. The SMILES string of the molecule is CS(=O)(=O)c1ccc(Cl)c(C(=O)NC[C@@H]2CCCO2)c1. The summed E-state index contributed by atoms with van der Waals surface area (Å²) in [5.74, 6) is -0.393. The average molecular weight is 318 g/mol. The molecule has 1 amide bonds. The molecule has 0 spiro atoms. The molecule has 0 aromatic heterocycles. The van der Waals surface area contributed by atoms with Crippen LogP contribution < -0.4 is 5.32 Å². The number of carbonyl (C=O) groups is 1. The predicted molar refractivity (Wildman–Crippen MR) is 75.9 cm³/mol. The average Bonchev–Trinajstić information content (AvgIpc) is 2.88. The Labute approximate surface area is 123 Å². The van der Waals surface area contributed by atoms with Gasteiger partial charge in [-0.2, -0.15) is 0 Å². The minimum atomic E-state index is -3.37. The number of ether oxygens (including phenoxy) is 1. The van der Waals surface area contributed by atoms with E-state index in [4.69, 9.17) is 16.3 Å². The lowest BCUT2D eigenvalue weighted by Crippen LogP contribution is -2.32. The molecule has 1 atom stereocenters. The fraction of sp³-hybridized carbons (Fsp3) is 0.462. The molecule has 0 radical (unpaired) electrons. The van der Waals surface area contributed by atoms with Crippen molar-refractivity contribution >= 4 is 27.3 Å². The Morgan fingerprint density at radius 2 is 2.25 bits per heavy atom. The van der Waals surface area contributed by atoms with Gasteiger partial charge >= 0.3 is 0 Å². The van der Waals surface area contributed by atoms with Gasteiger partial charge in [-0.05, 0) is 31.0 Å². The maximum atomic E-state index is 12.1. The van der Waals surface area contributed by atoms with Gasteiger partial charge in [0.2, 0.25) is 0 Å². The highest BCUT2D eigenvalue weighted by Gasteiger charge is 2.19. The molecule has 0 unspecified atom stereocenters. The van der Waals surface area contributed by atoms with Crippen LogP contribution in [0.15, 0.2) is 23.1 Å². The Morgan fingerprint density at radius 3 is 2.85 bits per heavy atom. The van der Waals surface area contributed by atoms with Crippen LogP contribution in [0.2, 0.25) is 5.02 Å². The topological polar surface area (TPSA) is 72.5 Å². The van der Waals surface area contributed by atoms with Gasteiger partial charge < -0.3 is 10.1 Å². The number of nitrogens with one attached hydrogen (secondary N) is 1. The molecule has 110 valence electrons. The molecule has 1 aromatic rings. The highest BCUT2D eigenvalue weighted by Crippen LogP contribution is 2.20. The summed E-state index contributed by atoms with van der Waals surface area (Å²) in [4.78, 5) is 12.1. The number of halogens is 1. The van der Waals surface area contributed by atoms with Crippen molar-refractivity contribution in [1.82, 2.24) is 5.32 Å². The maximum absolute atomic E-state index is 12.1. The van der Waals surface area contributed by atoms with E-state index in [9.17, 15) is 13.2 Å². The number of benzene rings is 1. The molecule has 0 saturated carbocycles. The van der Waals surface area contributed by atoms with Crippen molar-refractivity contribution in [3.8, 4) is 0 Å². The van der Waals surface area contributed by atoms with E-state index >= 15 is 0 Å². The second-order valence-corrected chi connectivity index (χ2v) is 7.18. The zero-order valence-corrected chi connectivity index (χ0v) is 12.6. The summed E-state index contributed by atoms with van der Waals surface area (Å²) in [6.07, 6.45) is 3.02. The molecule has 20 heavy (non-hydrogen) atoms. The van der Waals surface area contributed by atoms with E-state index in [1.807, 2.05) is 0 Å². The molecule has 0 aliphatic carbocycles. The minimum Gasteiger partial charge on any atom is -0.376 e. The van der Waals surface area contributed by atoms with Gasteiger partial charge in [-0.25, -0.2) is 8.42 Å². The number of sulfone groups is 1. The monoisotopic (exact) mass is 317 g/mol. The van der Waals surface area contributed by atoms with Crippen LogP contribution in [-0.2, 0) is 14.6 Å². The van der Waals surface area contributed by atoms with E-state index < -0.39 is 15.7 Å². The molecule has 5 nitrogen and oxygen atoms in total. The van der Waals surface area contributed by atoms with Crippen molar-refractivity contribution in [2.75, 3.05) is 19.4 Å². The number of hydrogen-bond acceptors (Lipinski definition) is 4. The van der Waals surface area contributed by atoms with Gasteiger partial charge in [0, 0.05) is 19.4 Å². The summed E-state index contributed by atoms with van der Waals surface area (Å²) >= 11 is 5.95. The van der Waals surface area contributed by atoms with Gasteiger partial charge in [0.25, 0.3) is 5.91 Å². The normalized spacial score (nSPS) is 19.0. The van der Waals surface area contributed by atoms with Crippen molar-refractivity contribution in [1.29, 1.82) is 0 Å². The molecule has 1 aliphatic heterocycles. The van der Waals surface area contributed by atoms with E-state index in [0.29, 0.717) is 13.2 Å². The number of hydrogen-bond donors (Lipinski definition) is 1. The van der Waals surface area contributed by atoms with E-state index in [0.717, 1.165) is 19.1 Å². The van der Waals surface area contributed by atoms with Gasteiger partial charge in [0.1, 0.15) is 0 Å². The van der Waals surface area contributed by atoms with Crippen molar-refractivity contribution in [2.45, 2.75) is 23.8 Å². The van der Waals surface area contributed by atoms with Crippen LogP contribution in [0.1, 0.15) is 23.2 Å². The Morgan fingerprint density at radius 1 is 1.50 bits per heavy atom. The number of amides is 1. The standard InChI is InChI=1S/C13H16ClNO4S/c1-20(17,18)10-4-5-12(14)11(7-10)13(16)15-8-9-3-2-6-19-9/h4-5,7,9H,2-3,6,8H2,1H3,(H,15,16)/t9-/m0/s1. The van der Waals surface area contributed by atoms with Crippen molar-refractivity contribution in [3.63, 3.8) is 0 Å². The predicted octanol–water partition coefficient (Wildman–Crippen LogP) is 1.65. The molecule has 1 N–H and O–H groups in total. The third-order valence-corrected chi connectivity index (χ3v) is 4.56. The van der Waals surface area contributed by atoms with Crippen LogP contribution in [0, 0.1) is 0 Å². The lowest BCUT2D eigenvalue weighted by molar-refractivity contribution is 0.0857. The van der Waals surface area contributed by atoms with Crippen LogP contribution in [0.25, 0.3) is 0 Å². The summed E-state index contributed by atoms with van der Waals surface area (Å²) in [6.45, 7) is 1.11. The molecular weight excluding hydrogens is 302 g/mol. The van der Waals surface area contributed by atoms with Gasteiger partial charge in [-0.15, -0.1) is 0 Å². The van der Waals surface area contributed by atoms with E-state index in [1.54, 1.807) is 0 Å². The first-order chi connectivity index (χ1) is 9.38. The van der Waals surface area contributed by atoms with Crippen molar-refractivity contribution in [3.05, 3.63) is 28.8 Å². The Balaban J connectivity index is 2.12. The number of rotatable bonds is 4. The Kier molecular flexibility index (Phi) is 4.67. The Hall–Kier alpha value is -1.11. The van der Waals surface area contributed by atoms with E-state index in [-0.39, 0.29) is 21.6 Å². The molecule has 1 aromatic carbocycles. The van der Waals surface area contributed by atoms with Crippen molar-refractivity contribution in [2.24, 2.45) is 0 Å². The summed E-state index contributed by atoms with van der Waals surface area (Å²) in [5, 5.41) is 2.94. The summed E-state index contributed by atoms with van der Waals surface area (Å²) in [5.41, 5.74) is 0.160. The molecule has 1 aliphatic rings. The molecular formula is C13H16ClNO4S. The fourth-order valence-corrected chi connectivity index (χ4v) is 2.87. The first-order valence-corrected chi connectivity index (χ1v) is 8.54. The van der Waals surface area contributed by atoms with Gasteiger partial charge in [0.15, 0.2) is 9.84 Å². The highest BCUT2D eigenvalue weighted by atomic mass is 35.5. The zero-order chi connectivity index (χ0) is 14.8. The second-order valence-electron chi connectivity index (χ2n) is 4.76. The summed E-state index contributed by atoms with van der Waals surface area (Å²) < 4.78 is 28.4. The molecule has 1 heterocycles. The van der Waals surface area contributed by atoms with E-state index in [1.165, 1.54) is 18.2 Å². The molecule has 0 bridgehead atoms. The first-order valence-electron chi connectivity index (χ1n) is 6.27. The molecule has 1 fully saturated rings. The minimum absolute atomic E-state index is 0.0239. The highest BCUT2D eigenvalue weighted by molar-refractivity contribution is 7.90. The zero-order valence-electron chi connectivity index (χ0n) is 11.1. The van der Waals surface area contributed by atoms with Crippen LogP contribution in [0.4, 0.5) is 0 Å². The van der Waals surface area contributed by atoms with Crippen LogP contribution in [0.3, 0.4) is 0 Å². The van der Waals surface area contributed by atoms with Crippen LogP contribution in [0.5, 0.6) is 0 Å². The van der Waals surface area contributed by atoms with Gasteiger partial charge in [-0.3, -0.25) is 4.79 Å². The Bertz CT molecular complexity index is 609. The molecule has 2 rings (SSSR count). The van der Waals surface area contributed by atoms with Gasteiger partial charge in [0.05, 0.1) is 21.6 Å². The summed E-state index contributed by atoms with van der Waals surface area (Å²) in [6, 6.07) is 4.09. The van der Waals surface area contributed by atoms with Crippen molar-refractivity contribution < 1.29 is 17.9 Å². The molecule has 1 saturated heterocycles. The fourth-order valence-electron chi connectivity index (χ4n) is 2.02. The largest absolute Gasteiger partial charge is 0.376 e. The first kappa shape index (κ1) is 15.3. The quantitative estimate of drug-likeness (QED) is 0.916. The lowest BCUT2D eigenvalue weighted by atomic mass is 10.2. The van der Waals surface area contributed by atoms with E-state index in [2.05, 4.69) is 5.32 Å². The molecule has 7 heteroatoms. The van der Waals surface area contributed by atoms with Crippen LogP contribution in [-0.4, -0.2) is 39.8 Å². The number of carbonyl (C=O) groups excluding carboxylic acids is 1. The van der Waals surface area contributed by atoms with Gasteiger partial charge in [-0.1, -0.05) is 11.6 Å². The second kappa shape index (κ2) is 6.11. The smallest absolute Gasteiger partial charge is 0.252 e.